The number of methoxy groups -OCH3 is 1. The number of hydrogen-bond acceptors (Lipinski definition) is 7. The highest BCUT2D eigenvalue weighted by molar-refractivity contribution is 7.89. The minimum Gasteiger partial charge on any atom is -0.479 e. The second-order valence-electron chi connectivity index (χ2n) is 6.63. The van der Waals surface area contributed by atoms with E-state index in [1.165, 1.54) is 36.3 Å². The van der Waals surface area contributed by atoms with E-state index < -0.39 is 21.9 Å². The van der Waals surface area contributed by atoms with Gasteiger partial charge >= 0.3 is 6.03 Å². The molecule has 0 saturated heterocycles. The Labute approximate surface area is 170 Å². The maximum absolute atomic E-state index is 14.3. The first-order valence-corrected chi connectivity index (χ1v) is 10.2. The number of urea groups is 1. The first kappa shape index (κ1) is 19.8. The lowest BCUT2D eigenvalue weighted by Gasteiger charge is -2.31. The summed E-state index contributed by atoms with van der Waals surface area (Å²) in [7, 11) is -2.62. The molecule has 0 fully saturated rings. The van der Waals surface area contributed by atoms with Crippen LogP contribution in [0.1, 0.15) is 11.1 Å². The minimum atomic E-state index is -3.92. The van der Waals surface area contributed by atoms with E-state index in [0.717, 1.165) is 0 Å². The molecule has 3 heterocycles. The number of primary sulfonamides is 1. The number of benzene rings is 1. The molecular weight excluding hydrogens is 415 g/mol. The van der Waals surface area contributed by atoms with Gasteiger partial charge in [0, 0.05) is 29.4 Å². The summed E-state index contributed by atoms with van der Waals surface area (Å²) in [6.45, 7) is 0.212. The van der Waals surface area contributed by atoms with E-state index in [1.54, 1.807) is 6.20 Å². The number of sulfonamides is 1. The van der Waals surface area contributed by atoms with Gasteiger partial charge in [0.15, 0.2) is 11.5 Å². The number of nitrogens with one attached hydrogen (secondary N) is 1. The van der Waals surface area contributed by atoms with Crippen LogP contribution in [0.2, 0.25) is 0 Å². The van der Waals surface area contributed by atoms with Crippen molar-refractivity contribution in [1.29, 1.82) is 0 Å². The number of rotatable bonds is 4. The predicted octanol–water partition coefficient (Wildman–Crippen LogP) is 1.24. The Hall–Kier alpha value is -3.51. The van der Waals surface area contributed by atoms with E-state index in [1.807, 2.05) is 0 Å². The molecule has 0 bridgehead atoms. The van der Waals surface area contributed by atoms with Crippen LogP contribution in [-0.4, -0.2) is 31.5 Å². The summed E-state index contributed by atoms with van der Waals surface area (Å²) < 4.78 is 42.3. The van der Waals surface area contributed by atoms with E-state index in [9.17, 15) is 17.6 Å². The van der Waals surface area contributed by atoms with Crippen molar-refractivity contribution < 1.29 is 22.3 Å². The summed E-state index contributed by atoms with van der Waals surface area (Å²) in [4.78, 5) is 22.2. The fourth-order valence-electron chi connectivity index (χ4n) is 3.28. The quantitative estimate of drug-likeness (QED) is 0.524. The number of aromatic nitrogens is 2. The number of ether oxygens (including phenoxy) is 1. The summed E-state index contributed by atoms with van der Waals surface area (Å²) >= 11 is 0. The molecule has 0 spiro atoms. The third-order valence-electron chi connectivity index (χ3n) is 4.74. The predicted molar refractivity (Wildman–Crippen MR) is 107 cm³/mol. The molecule has 2 aromatic heterocycles. The van der Waals surface area contributed by atoms with Gasteiger partial charge in [-0.05, 0) is 23.8 Å². The molecule has 2 amide bonds. The Morgan fingerprint density at radius 2 is 2.10 bits per heavy atom. The second kappa shape index (κ2) is 7.07. The number of fused-ring (bicyclic) bond motifs is 3. The summed E-state index contributed by atoms with van der Waals surface area (Å²) in [5.41, 5.74) is 7.93. The first-order valence-electron chi connectivity index (χ1n) is 8.67. The number of carbonyl (C=O) groups excluding carboxylic acids is 1. The number of amides is 2. The van der Waals surface area contributed by atoms with Crippen molar-refractivity contribution in [2.75, 3.05) is 17.7 Å². The fraction of sp³-hybridized carbons (Fsp3) is 0.167. The van der Waals surface area contributed by atoms with Crippen LogP contribution < -0.4 is 25.8 Å². The van der Waals surface area contributed by atoms with Crippen molar-refractivity contribution >= 4 is 38.5 Å². The molecule has 3 aromatic rings. The van der Waals surface area contributed by atoms with Crippen LogP contribution in [0.15, 0.2) is 35.4 Å². The van der Waals surface area contributed by atoms with Crippen LogP contribution in [0, 0.1) is 5.82 Å². The van der Waals surface area contributed by atoms with Gasteiger partial charge in [-0.1, -0.05) is 6.07 Å². The highest BCUT2D eigenvalue weighted by Crippen LogP contribution is 2.35. The number of nitrogen functional groups attached to an aromatic ring is 1. The van der Waals surface area contributed by atoms with Crippen LogP contribution in [0.25, 0.3) is 11.0 Å². The molecule has 156 valence electrons. The highest BCUT2D eigenvalue weighted by Gasteiger charge is 2.28. The number of carbonyl (C=O) groups is 1. The summed E-state index contributed by atoms with van der Waals surface area (Å²) in [5, 5.41) is 8.18. The molecule has 10 nitrogen and oxygen atoms in total. The molecule has 0 radical (unpaired) electrons. The van der Waals surface area contributed by atoms with E-state index in [2.05, 4.69) is 15.3 Å². The zero-order valence-electron chi connectivity index (χ0n) is 15.7. The van der Waals surface area contributed by atoms with Gasteiger partial charge in [0.05, 0.1) is 24.2 Å². The molecule has 12 heteroatoms. The summed E-state index contributed by atoms with van der Waals surface area (Å²) in [6, 6.07) is 4.79. The number of nitrogens with two attached hydrogens (primary N) is 2. The van der Waals surface area contributed by atoms with Crippen molar-refractivity contribution in [1.82, 2.24) is 15.3 Å². The lowest BCUT2D eigenvalue weighted by atomic mass is 10.1. The summed E-state index contributed by atoms with van der Waals surface area (Å²) in [6.07, 6.45) is 1.54. The van der Waals surface area contributed by atoms with E-state index in [4.69, 9.17) is 15.6 Å². The van der Waals surface area contributed by atoms with Crippen LogP contribution in [-0.2, 0) is 23.1 Å². The number of halogens is 1. The number of anilines is 2. The minimum absolute atomic E-state index is 0.00231. The fourth-order valence-corrected chi connectivity index (χ4v) is 3.83. The average Bonchev–Trinajstić information content (AvgIpc) is 2.69. The van der Waals surface area contributed by atoms with Crippen LogP contribution in [0.4, 0.5) is 20.6 Å². The van der Waals surface area contributed by atoms with Gasteiger partial charge in [-0.25, -0.2) is 27.7 Å². The van der Waals surface area contributed by atoms with Crippen LogP contribution >= 0.6 is 0 Å². The van der Waals surface area contributed by atoms with Gasteiger partial charge in [-0.3, -0.25) is 4.90 Å². The Bertz CT molecular complexity index is 1300. The van der Waals surface area contributed by atoms with Gasteiger partial charge in [0.1, 0.15) is 0 Å². The van der Waals surface area contributed by atoms with E-state index >= 15 is 0 Å². The Morgan fingerprint density at radius 1 is 1.33 bits per heavy atom. The normalized spacial score (nSPS) is 13.8. The molecule has 30 heavy (non-hydrogen) atoms. The third kappa shape index (κ3) is 3.35. The van der Waals surface area contributed by atoms with Crippen molar-refractivity contribution in [2.24, 2.45) is 5.14 Å². The van der Waals surface area contributed by atoms with Crippen molar-refractivity contribution in [3.63, 3.8) is 0 Å². The molecule has 1 aliphatic heterocycles. The molecule has 5 N–H and O–H groups in total. The van der Waals surface area contributed by atoms with Gasteiger partial charge in [0.2, 0.25) is 10.0 Å². The largest absolute Gasteiger partial charge is 0.479 e. The Morgan fingerprint density at radius 3 is 2.77 bits per heavy atom. The molecule has 0 saturated carbocycles. The SMILES string of the molecule is COc1nc2ncc3c(c2cc1F)N(Cc1ccc(S(N)(=O)=O)cc1N)C(=O)NC3. The number of hydrogen-bond donors (Lipinski definition) is 3. The molecule has 0 aliphatic carbocycles. The van der Waals surface area contributed by atoms with Crippen molar-refractivity contribution in [3.8, 4) is 5.88 Å². The maximum Gasteiger partial charge on any atom is 0.322 e. The zero-order chi connectivity index (χ0) is 21.6. The van der Waals surface area contributed by atoms with Crippen molar-refractivity contribution in [2.45, 2.75) is 18.0 Å². The molecule has 1 aromatic carbocycles. The topological polar surface area (TPSA) is 154 Å². The zero-order valence-corrected chi connectivity index (χ0v) is 16.5. The molecule has 1 aliphatic rings. The van der Waals surface area contributed by atoms with Gasteiger partial charge < -0.3 is 15.8 Å². The third-order valence-corrected chi connectivity index (χ3v) is 5.65. The Balaban J connectivity index is 1.83. The number of pyridine rings is 2. The Kier molecular flexibility index (Phi) is 4.67. The number of nitrogens with zero attached hydrogens (tertiary/aromatic N) is 3. The van der Waals surface area contributed by atoms with Gasteiger partial charge in [-0.15, -0.1) is 0 Å². The molecule has 0 unspecified atom stereocenters. The smallest absolute Gasteiger partial charge is 0.322 e. The monoisotopic (exact) mass is 432 g/mol. The molecule has 4 rings (SSSR count). The summed E-state index contributed by atoms with van der Waals surface area (Å²) in [5.74, 6) is -0.896. The van der Waals surface area contributed by atoms with E-state index in [-0.39, 0.29) is 35.2 Å². The first-order chi connectivity index (χ1) is 14.2. The second-order valence-corrected chi connectivity index (χ2v) is 8.19. The maximum atomic E-state index is 14.3. The molecule has 0 atom stereocenters. The van der Waals surface area contributed by atoms with Crippen LogP contribution in [0.3, 0.4) is 0 Å². The van der Waals surface area contributed by atoms with Crippen LogP contribution in [0.5, 0.6) is 5.88 Å². The standard InChI is InChI=1S/C18H17FN6O4S/c1-29-17-13(19)5-12-15-10(6-22-16(12)24-17)7-23-18(26)25(15)8-9-2-3-11(4-14(9)20)30(21,27)28/h2-6H,7-8,20H2,1H3,(H,23,26)(H2,21,27,28). The van der Waals surface area contributed by atoms with Gasteiger partial charge in [-0.2, -0.15) is 4.98 Å². The van der Waals surface area contributed by atoms with Crippen molar-refractivity contribution in [3.05, 3.63) is 47.4 Å². The lowest BCUT2D eigenvalue weighted by molar-refractivity contribution is 0.244. The highest BCUT2D eigenvalue weighted by atomic mass is 32.2. The average molecular weight is 432 g/mol. The molecular formula is C18H17FN6O4S. The van der Waals surface area contributed by atoms with E-state index in [0.29, 0.717) is 22.2 Å². The lowest BCUT2D eigenvalue weighted by Crippen LogP contribution is -2.44. The van der Waals surface area contributed by atoms with Gasteiger partial charge in [0.25, 0.3) is 5.88 Å².